The normalized spacial score (nSPS) is 27.6. The van der Waals surface area contributed by atoms with E-state index in [4.69, 9.17) is 9.84 Å². The summed E-state index contributed by atoms with van der Waals surface area (Å²) in [6, 6.07) is -0.00967. The molecule has 0 aromatic carbocycles. The van der Waals surface area contributed by atoms with E-state index in [9.17, 15) is 9.59 Å². The summed E-state index contributed by atoms with van der Waals surface area (Å²) in [6.45, 7) is 3.18. The highest BCUT2D eigenvalue weighted by molar-refractivity contribution is 5.77. The van der Waals surface area contributed by atoms with E-state index in [1.165, 1.54) is 0 Å². The Morgan fingerprint density at radius 3 is 2.63 bits per heavy atom. The largest absolute Gasteiger partial charge is 0.481 e. The van der Waals surface area contributed by atoms with Gasteiger partial charge >= 0.3 is 12.0 Å². The number of amides is 2. The van der Waals surface area contributed by atoms with Gasteiger partial charge in [-0.1, -0.05) is 0 Å². The van der Waals surface area contributed by atoms with Crippen LogP contribution in [-0.4, -0.2) is 66.8 Å². The lowest BCUT2D eigenvalue weighted by Gasteiger charge is -2.33. The molecule has 108 valence electrons. The molecule has 6 nitrogen and oxygen atoms in total. The van der Waals surface area contributed by atoms with Crippen LogP contribution in [0.3, 0.4) is 0 Å². The summed E-state index contributed by atoms with van der Waals surface area (Å²) in [5.41, 5.74) is 0. The van der Waals surface area contributed by atoms with Crippen LogP contribution in [0.15, 0.2) is 0 Å². The van der Waals surface area contributed by atoms with Gasteiger partial charge in [-0.25, -0.2) is 4.79 Å². The molecule has 2 atom stereocenters. The Balaban J connectivity index is 1.87. The predicted molar refractivity (Wildman–Crippen MR) is 68.9 cm³/mol. The van der Waals surface area contributed by atoms with Gasteiger partial charge in [0, 0.05) is 39.2 Å². The van der Waals surface area contributed by atoms with Crippen LogP contribution in [0.2, 0.25) is 0 Å². The second-order valence-corrected chi connectivity index (χ2v) is 5.46. The Morgan fingerprint density at radius 1 is 1.21 bits per heavy atom. The van der Waals surface area contributed by atoms with E-state index in [1.807, 2.05) is 4.90 Å². The van der Waals surface area contributed by atoms with Crippen molar-refractivity contribution in [1.82, 2.24) is 9.80 Å². The summed E-state index contributed by atoms with van der Waals surface area (Å²) in [7, 11) is 1.67. The highest BCUT2D eigenvalue weighted by atomic mass is 16.5. The molecule has 2 fully saturated rings. The quantitative estimate of drug-likeness (QED) is 0.826. The van der Waals surface area contributed by atoms with Gasteiger partial charge in [0.1, 0.15) is 0 Å². The molecule has 0 aromatic heterocycles. The van der Waals surface area contributed by atoms with Gasteiger partial charge in [-0.2, -0.15) is 0 Å². The first-order chi connectivity index (χ1) is 9.11. The van der Waals surface area contributed by atoms with Gasteiger partial charge in [0.15, 0.2) is 0 Å². The molecule has 2 rings (SSSR count). The molecule has 2 unspecified atom stereocenters. The van der Waals surface area contributed by atoms with E-state index < -0.39 is 11.9 Å². The number of rotatable bonds is 3. The molecule has 0 bridgehead atoms. The fraction of sp³-hybridized carbons (Fsp3) is 0.846. The lowest BCUT2D eigenvalue weighted by Crippen LogP contribution is -2.48. The molecule has 1 N–H and O–H groups in total. The van der Waals surface area contributed by atoms with E-state index in [0.717, 1.165) is 25.9 Å². The first-order valence-electron chi connectivity index (χ1n) is 6.87. The molecule has 2 aliphatic heterocycles. The number of carbonyl (C=O) groups is 2. The summed E-state index contributed by atoms with van der Waals surface area (Å²) in [6.07, 6.45) is 2.42. The molecule has 0 aliphatic carbocycles. The minimum atomic E-state index is -0.795. The second-order valence-electron chi connectivity index (χ2n) is 5.46. The average molecular weight is 270 g/mol. The fourth-order valence-corrected chi connectivity index (χ4v) is 2.93. The van der Waals surface area contributed by atoms with Crippen molar-refractivity contribution < 1.29 is 19.4 Å². The number of nitrogens with zero attached hydrogens (tertiary/aromatic N) is 2. The molecular weight excluding hydrogens is 248 g/mol. The van der Waals surface area contributed by atoms with Gasteiger partial charge in [-0.15, -0.1) is 0 Å². The van der Waals surface area contributed by atoms with Crippen LogP contribution in [0.25, 0.3) is 0 Å². The molecule has 6 heteroatoms. The van der Waals surface area contributed by atoms with Gasteiger partial charge in [-0.3, -0.25) is 4.79 Å². The Labute approximate surface area is 113 Å². The standard InChI is InChI=1S/C13H22N2O4/c1-19-9-10-4-6-15(7-10)13(18)14-5-2-3-11(8-14)12(16)17/h10-11H,2-9H2,1H3,(H,16,17). The molecule has 19 heavy (non-hydrogen) atoms. The second kappa shape index (κ2) is 6.23. The number of carboxylic acids is 1. The maximum atomic E-state index is 12.3. The number of carboxylic acid groups (broad SMARTS) is 1. The van der Waals surface area contributed by atoms with Crippen molar-refractivity contribution >= 4 is 12.0 Å². The topological polar surface area (TPSA) is 70.1 Å². The van der Waals surface area contributed by atoms with Gasteiger partial charge in [-0.05, 0) is 19.3 Å². The number of likely N-dealkylation sites (tertiary alicyclic amines) is 2. The molecule has 2 saturated heterocycles. The maximum absolute atomic E-state index is 12.3. The van der Waals surface area contributed by atoms with Crippen LogP contribution in [0.1, 0.15) is 19.3 Å². The first-order valence-corrected chi connectivity index (χ1v) is 6.87. The third-order valence-electron chi connectivity index (χ3n) is 4.00. The Kier molecular flexibility index (Phi) is 4.63. The van der Waals surface area contributed by atoms with Gasteiger partial charge in [0.2, 0.25) is 0 Å². The summed E-state index contributed by atoms with van der Waals surface area (Å²) in [4.78, 5) is 26.9. The molecule has 2 heterocycles. The van der Waals surface area contributed by atoms with Crippen LogP contribution in [0, 0.1) is 11.8 Å². The fourth-order valence-electron chi connectivity index (χ4n) is 2.93. The van der Waals surface area contributed by atoms with Crippen molar-refractivity contribution in [3.63, 3.8) is 0 Å². The summed E-state index contributed by atoms with van der Waals surface area (Å²) < 4.78 is 5.12. The zero-order valence-corrected chi connectivity index (χ0v) is 11.4. The smallest absolute Gasteiger partial charge is 0.320 e. The zero-order chi connectivity index (χ0) is 13.8. The van der Waals surface area contributed by atoms with Gasteiger partial charge in [0.05, 0.1) is 12.5 Å². The SMILES string of the molecule is COCC1CCN(C(=O)N2CCCC(C(=O)O)C2)C1. The predicted octanol–water partition coefficient (Wildman–Crippen LogP) is 0.871. The number of hydrogen-bond donors (Lipinski definition) is 1. The molecule has 0 saturated carbocycles. The molecule has 0 aromatic rings. The van der Waals surface area contributed by atoms with E-state index in [-0.39, 0.29) is 6.03 Å². The molecule has 2 amide bonds. The third kappa shape index (κ3) is 3.37. The molecule has 2 aliphatic rings. The van der Waals surface area contributed by atoms with Crippen LogP contribution in [0.5, 0.6) is 0 Å². The Morgan fingerprint density at radius 2 is 1.95 bits per heavy atom. The lowest BCUT2D eigenvalue weighted by atomic mass is 9.99. The van der Waals surface area contributed by atoms with Crippen molar-refractivity contribution in [1.29, 1.82) is 0 Å². The van der Waals surface area contributed by atoms with Crippen LogP contribution in [-0.2, 0) is 9.53 Å². The van der Waals surface area contributed by atoms with E-state index in [2.05, 4.69) is 0 Å². The number of aliphatic carboxylic acids is 1. The Bertz CT molecular complexity index is 348. The summed E-state index contributed by atoms with van der Waals surface area (Å²) in [5.74, 6) is -0.791. The molecular formula is C13H22N2O4. The average Bonchev–Trinajstić information content (AvgIpc) is 2.87. The molecule has 0 spiro atoms. The lowest BCUT2D eigenvalue weighted by molar-refractivity contribution is -0.143. The zero-order valence-electron chi connectivity index (χ0n) is 11.4. The van der Waals surface area contributed by atoms with Gasteiger partial charge < -0.3 is 19.6 Å². The van der Waals surface area contributed by atoms with E-state index in [0.29, 0.717) is 32.0 Å². The summed E-state index contributed by atoms with van der Waals surface area (Å²) in [5, 5.41) is 9.05. The van der Waals surface area contributed by atoms with E-state index in [1.54, 1.807) is 12.0 Å². The summed E-state index contributed by atoms with van der Waals surface area (Å²) >= 11 is 0. The van der Waals surface area contributed by atoms with Crippen molar-refractivity contribution in [2.45, 2.75) is 19.3 Å². The minimum Gasteiger partial charge on any atom is -0.481 e. The number of methoxy groups -OCH3 is 1. The van der Waals surface area contributed by atoms with Crippen LogP contribution >= 0.6 is 0 Å². The first kappa shape index (κ1) is 14.1. The number of urea groups is 1. The van der Waals surface area contributed by atoms with Crippen LogP contribution < -0.4 is 0 Å². The van der Waals surface area contributed by atoms with Crippen molar-refractivity contribution in [2.24, 2.45) is 11.8 Å². The third-order valence-corrected chi connectivity index (χ3v) is 4.00. The van der Waals surface area contributed by atoms with Crippen LogP contribution in [0.4, 0.5) is 4.79 Å². The Hall–Kier alpha value is -1.30. The van der Waals surface area contributed by atoms with Crippen molar-refractivity contribution in [2.75, 3.05) is 39.9 Å². The van der Waals surface area contributed by atoms with Crippen molar-refractivity contribution in [3.8, 4) is 0 Å². The monoisotopic (exact) mass is 270 g/mol. The number of carbonyl (C=O) groups excluding carboxylic acids is 1. The number of hydrogen-bond acceptors (Lipinski definition) is 3. The van der Waals surface area contributed by atoms with E-state index >= 15 is 0 Å². The molecule has 0 radical (unpaired) electrons. The number of piperidine rings is 1. The highest BCUT2D eigenvalue weighted by Gasteiger charge is 2.33. The number of ether oxygens (including phenoxy) is 1. The van der Waals surface area contributed by atoms with Gasteiger partial charge in [0.25, 0.3) is 0 Å². The van der Waals surface area contributed by atoms with Crippen molar-refractivity contribution in [3.05, 3.63) is 0 Å². The maximum Gasteiger partial charge on any atom is 0.320 e. The highest BCUT2D eigenvalue weighted by Crippen LogP contribution is 2.22. The minimum absolute atomic E-state index is 0.00967.